The lowest BCUT2D eigenvalue weighted by molar-refractivity contribution is -0.142. The van der Waals surface area contributed by atoms with E-state index in [-0.39, 0.29) is 5.56 Å². The molecule has 0 amide bonds. The van der Waals surface area contributed by atoms with E-state index in [4.69, 9.17) is 5.53 Å². The molecule has 0 spiro atoms. The van der Waals surface area contributed by atoms with E-state index in [2.05, 4.69) is 14.8 Å². The molecule has 0 aliphatic rings. The summed E-state index contributed by atoms with van der Waals surface area (Å²) in [4.78, 5) is 13.6. The van der Waals surface area contributed by atoms with E-state index in [0.29, 0.717) is 6.07 Å². The van der Waals surface area contributed by atoms with Crippen molar-refractivity contribution in [2.24, 2.45) is 5.11 Å². The van der Waals surface area contributed by atoms with Crippen LogP contribution < -0.4 is 0 Å². The van der Waals surface area contributed by atoms with Crippen molar-refractivity contribution in [3.05, 3.63) is 45.8 Å². The van der Waals surface area contributed by atoms with Crippen molar-refractivity contribution in [3.8, 4) is 0 Å². The van der Waals surface area contributed by atoms with Crippen LogP contribution in [0.25, 0.3) is 10.4 Å². The third-order valence-corrected chi connectivity index (χ3v) is 1.79. The first kappa shape index (κ1) is 11.9. The number of esters is 1. The molecule has 0 saturated heterocycles. The number of nitrogens with zero attached hydrogens (tertiary/aromatic N) is 3. The molecule has 1 atom stereocenters. The SMILES string of the molecule is COC(=O)C(N=[N+]=[N-])c1cc(F)cc(F)c1. The molecule has 0 radical (unpaired) electrons. The summed E-state index contributed by atoms with van der Waals surface area (Å²) in [6.45, 7) is 0. The Kier molecular flexibility index (Phi) is 3.79. The van der Waals surface area contributed by atoms with Crippen LogP contribution in [0.15, 0.2) is 23.3 Å². The average molecular weight is 227 g/mol. The Morgan fingerprint density at radius 2 is 2.00 bits per heavy atom. The molecule has 0 bridgehead atoms. The number of hydrogen-bond donors (Lipinski definition) is 0. The summed E-state index contributed by atoms with van der Waals surface area (Å²) in [5.74, 6) is -2.61. The van der Waals surface area contributed by atoms with E-state index >= 15 is 0 Å². The third-order valence-electron chi connectivity index (χ3n) is 1.79. The zero-order valence-corrected chi connectivity index (χ0v) is 8.22. The highest BCUT2D eigenvalue weighted by Gasteiger charge is 2.21. The molecule has 0 saturated carbocycles. The number of benzene rings is 1. The smallest absolute Gasteiger partial charge is 0.319 e. The van der Waals surface area contributed by atoms with Gasteiger partial charge >= 0.3 is 5.97 Å². The number of halogens is 2. The molecule has 0 N–H and O–H groups in total. The predicted molar refractivity (Wildman–Crippen MR) is 50.3 cm³/mol. The van der Waals surface area contributed by atoms with Gasteiger partial charge in [0.15, 0.2) is 6.04 Å². The van der Waals surface area contributed by atoms with Crippen LogP contribution in [0.1, 0.15) is 11.6 Å². The van der Waals surface area contributed by atoms with Crippen LogP contribution in [0.2, 0.25) is 0 Å². The van der Waals surface area contributed by atoms with Crippen LogP contribution in [-0.2, 0) is 9.53 Å². The van der Waals surface area contributed by atoms with Crippen LogP contribution in [0.5, 0.6) is 0 Å². The highest BCUT2D eigenvalue weighted by molar-refractivity contribution is 5.77. The van der Waals surface area contributed by atoms with Crippen LogP contribution in [0.4, 0.5) is 8.78 Å². The Morgan fingerprint density at radius 3 is 2.44 bits per heavy atom. The third kappa shape index (κ3) is 2.68. The maximum Gasteiger partial charge on any atom is 0.319 e. The normalized spacial score (nSPS) is 11.4. The van der Waals surface area contributed by atoms with Gasteiger partial charge in [-0.25, -0.2) is 8.78 Å². The monoisotopic (exact) mass is 227 g/mol. The predicted octanol–water partition coefficient (Wildman–Crippen LogP) is 2.49. The number of ether oxygens (including phenoxy) is 1. The summed E-state index contributed by atoms with van der Waals surface area (Å²) in [7, 11) is 1.08. The molecule has 1 aromatic carbocycles. The number of carbonyl (C=O) groups excluding carboxylic acids is 1. The van der Waals surface area contributed by atoms with Gasteiger partial charge in [-0.2, -0.15) is 0 Å². The Labute approximate surface area is 89.3 Å². The molecule has 0 fully saturated rings. The van der Waals surface area contributed by atoms with E-state index < -0.39 is 23.6 Å². The molecular weight excluding hydrogens is 220 g/mol. The van der Waals surface area contributed by atoms with E-state index in [9.17, 15) is 13.6 Å². The van der Waals surface area contributed by atoms with Gasteiger partial charge in [-0.05, 0) is 23.2 Å². The Morgan fingerprint density at radius 1 is 1.44 bits per heavy atom. The maximum absolute atomic E-state index is 12.9. The Bertz CT molecular complexity index is 438. The fourth-order valence-electron chi connectivity index (χ4n) is 1.15. The molecule has 1 aromatic rings. The molecule has 0 aliphatic heterocycles. The van der Waals surface area contributed by atoms with Gasteiger partial charge in [-0.1, -0.05) is 5.11 Å². The number of methoxy groups -OCH3 is 1. The zero-order valence-electron chi connectivity index (χ0n) is 8.22. The molecule has 0 heterocycles. The summed E-state index contributed by atoms with van der Waals surface area (Å²) < 4.78 is 30.1. The highest BCUT2D eigenvalue weighted by atomic mass is 19.1. The fourth-order valence-corrected chi connectivity index (χ4v) is 1.15. The van der Waals surface area contributed by atoms with Crippen molar-refractivity contribution >= 4 is 5.97 Å². The minimum Gasteiger partial charge on any atom is -0.468 e. The second kappa shape index (κ2) is 5.09. The van der Waals surface area contributed by atoms with Gasteiger partial charge in [0.25, 0.3) is 0 Å². The van der Waals surface area contributed by atoms with E-state index in [1.807, 2.05) is 0 Å². The first-order chi connectivity index (χ1) is 7.58. The lowest BCUT2D eigenvalue weighted by Gasteiger charge is -2.09. The fraction of sp³-hybridized carbons (Fsp3) is 0.222. The molecule has 5 nitrogen and oxygen atoms in total. The number of carbonyl (C=O) groups is 1. The summed E-state index contributed by atoms with van der Waals surface area (Å²) in [5, 5.41) is 3.12. The van der Waals surface area contributed by atoms with E-state index in [0.717, 1.165) is 19.2 Å². The molecule has 0 aliphatic carbocycles. The summed E-state index contributed by atoms with van der Waals surface area (Å²) in [6.07, 6.45) is 0. The minimum atomic E-state index is -1.39. The van der Waals surface area contributed by atoms with Crippen molar-refractivity contribution in [1.82, 2.24) is 0 Å². The Balaban J connectivity index is 3.20. The van der Waals surface area contributed by atoms with Crippen LogP contribution in [-0.4, -0.2) is 13.1 Å². The Hall–Kier alpha value is -2.14. The van der Waals surface area contributed by atoms with E-state index in [1.165, 1.54) is 0 Å². The van der Waals surface area contributed by atoms with Crippen LogP contribution in [0, 0.1) is 11.6 Å². The van der Waals surface area contributed by atoms with Gasteiger partial charge in [-0.3, -0.25) is 4.79 Å². The first-order valence-electron chi connectivity index (χ1n) is 4.16. The molecule has 16 heavy (non-hydrogen) atoms. The van der Waals surface area contributed by atoms with Gasteiger partial charge in [0, 0.05) is 11.0 Å². The van der Waals surface area contributed by atoms with Crippen molar-refractivity contribution in [2.45, 2.75) is 6.04 Å². The lowest BCUT2D eigenvalue weighted by Crippen LogP contribution is -2.12. The number of hydrogen-bond acceptors (Lipinski definition) is 3. The largest absolute Gasteiger partial charge is 0.468 e. The van der Waals surface area contributed by atoms with Gasteiger partial charge in [-0.15, -0.1) is 0 Å². The van der Waals surface area contributed by atoms with Crippen molar-refractivity contribution in [1.29, 1.82) is 0 Å². The van der Waals surface area contributed by atoms with Crippen molar-refractivity contribution < 1.29 is 18.3 Å². The molecule has 0 aromatic heterocycles. The molecule has 7 heteroatoms. The standard InChI is InChI=1S/C9H7F2N3O2/c1-16-9(15)8(13-14-12)5-2-6(10)4-7(11)3-5/h2-4,8H,1H3. The van der Waals surface area contributed by atoms with Crippen LogP contribution in [0.3, 0.4) is 0 Å². The summed E-state index contributed by atoms with van der Waals surface area (Å²) >= 11 is 0. The number of azide groups is 1. The van der Waals surface area contributed by atoms with Crippen LogP contribution >= 0.6 is 0 Å². The second-order valence-electron chi connectivity index (χ2n) is 2.83. The molecular formula is C9H7F2N3O2. The zero-order chi connectivity index (χ0) is 12.1. The maximum atomic E-state index is 12.9. The molecule has 1 unspecified atom stereocenters. The number of rotatable bonds is 3. The molecule has 84 valence electrons. The van der Waals surface area contributed by atoms with Gasteiger partial charge in [0.2, 0.25) is 0 Å². The lowest BCUT2D eigenvalue weighted by atomic mass is 10.1. The summed E-state index contributed by atoms with van der Waals surface area (Å²) in [6, 6.07) is 1.06. The topological polar surface area (TPSA) is 75.1 Å². The minimum absolute atomic E-state index is 0.0952. The van der Waals surface area contributed by atoms with Crippen molar-refractivity contribution in [2.75, 3.05) is 7.11 Å². The van der Waals surface area contributed by atoms with Gasteiger partial charge < -0.3 is 4.74 Å². The molecule has 1 rings (SSSR count). The average Bonchev–Trinajstić information content (AvgIpc) is 2.23. The quantitative estimate of drug-likeness (QED) is 0.344. The van der Waals surface area contributed by atoms with Gasteiger partial charge in [0.05, 0.1) is 7.11 Å². The second-order valence-corrected chi connectivity index (χ2v) is 2.83. The van der Waals surface area contributed by atoms with Crippen molar-refractivity contribution in [3.63, 3.8) is 0 Å². The summed E-state index contributed by atoms with van der Waals surface area (Å²) in [5.41, 5.74) is 8.15. The first-order valence-corrected chi connectivity index (χ1v) is 4.16. The highest BCUT2D eigenvalue weighted by Crippen LogP contribution is 2.21. The van der Waals surface area contributed by atoms with Gasteiger partial charge in [0.1, 0.15) is 11.6 Å². The van der Waals surface area contributed by atoms with E-state index in [1.54, 1.807) is 0 Å².